The molecule has 0 atom stereocenters. The average molecular weight is 252 g/mol. The number of aromatic nitrogens is 1. The third-order valence-electron chi connectivity index (χ3n) is 2.84. The van der Waals surface area contributed by atoms with Crippen LogP contribution in [0.2, 0.25) is 0 Å². The van der Waals surface area contributed by atoms with Gasteiger partial charge in [0.25, 0.3) is 0 Å². The molecule has 14 heavy (non-hydrogen) atoms. The first-order valence-corrected chi connectivity index (χ1v) is 5.55. The van der Waals surface area contributed by atoms with Crippen molar-refractivity contribution in [3.05, 3.63) is 28.4 Å². The van der Waals surface area contributed by atoms with E-state index in [2.05, 4.69) is 26.6 Å². The van der Waals surface area contributed by atoms with Gasteiger partial charge in [-0.2, -0.15) is 0 Å². The predicted molar refractivity (Wildman–Crippen MR) is 59.6 cm³/mol. The quantitative estimate of drug-likeness (QED) is 0.765. The summed E-state index contributed by atoms with van der Waals surface area (Å²) in [5.74, 6) is 0.393. The number of rotatable bonds is 0. The van der Waals surface area contributed by atoms with E-state index in [1.165, 1.54) is 11.1 Å². The maximum Gasteiger partial charge on any atom is 0.141 e. The van der Waals surface area contributed by atoms with Gasteiger partial charge in [-0.05, 0) is 30.5 Å². The molecule has 72 valence electrons. The summed E-state index contributed by atoms with van der Waals surface area (Å²) < 4.78 is 3.20. The minimum Gasteiger partial charge on any atom is -0.506 e. The second kappa shape index (κ2) is 2.76. The van der Waals surface area contributed by atoms with Gasteiger partial charge < -0.3 is 9.67 Å². The lowest BCUT2D eigenvalue weighted by molar-refractivity contribution is 0.477. The van der Waals surface area contributed by atoms with E-state index in [0.717, 1.165) is 29.2 Å². The van der Waals surface area contributed by atoms with Gasteiger partial charge in [0.2, 0.25) is 0 Å². The molecule has 0 bridgehead atoms. The summed E-state index contributed by atoms with van der Waals surface area (Å²) in [7, 11) is 0. The average Bonchev–Trinajstić information content (AvgIpc) is 2.45. The Balaban J connectivity index is 2.49. The largest absolute Gasteiger partial charge is 0.506 e. The highest BCUT2D eigenvalue weighted by Crippen LogP contribution is 2.35. The first-order chi connectivity index (χ1) is 6.75. The van der Waals surface area contributed by atoms with Crippen molar-refractivity contribution in [2.45, 2.75) is 19.4 Å². The Morgan fingerprint density at radius 2 is 2.21 bits per heavy atom. The van der Waals surface area contributed by atoms with E-state index in [0.29, 0.717) is 5.75 Å². The maximum absolute atomic E-state index is 9.76. The number of benzene rings is 1. The highest BCUT2D eigenvalue weighted by molar-refractivity contribution is 9.10. The fraction of sp³-hybridized carbons (Fsp3) is 0.273. The topological polar surface area (TPSA) is 25.2 Å². The molecular formula is C11H10BrNO. The van der Waals surface area contributed by atoms with E-state index < -0.39 is 0 Å². The molecule has 1 aliphatic heterocycles. The minimum atomic E-state index is 0.393. The Hall–Kier alpha value is -0.960. The molecule has 0 radical (unpaired) electrons. The first-order valence-electron chi connectivity index (χ1n) is 4.76. The van der Waals surface area contributed by atoms with Crippen LogP contribution in [0.25, 0.3) is 10.9 Å². The van der Waals surface area contributed by atoms with Crippen molar-refractivity contribution in [1.29, 1.82) is 0 Å². The van der Waals surface area contributed by atoms with Crippen LogP contribution in [0.15, 0.2) is 22.8 Å². The summed E-state index contributed by atoms with van der Waals surface area (Å²) in [5.41, 5.74) is 2.54. The second-order valence-electron chi connectivity index (χ2n) is 3.77. The van der Waals surface area contributed by atoms with Gasteiger partial charge in [0, 0.05) is 22.6 Å². The van der Waals surface area contributed by atoms with E-state index in [-0.39, 0.29) is 0 Å². The predicted octanol–water partition coefficient (Wildman–Crippen LogP) is 3.06. The Labute approximate surface area is 90.3 Å². The molecular weight excluding hydrogens is 242 g/mol. The van der Waals surface area contributed by atoms with Crippen LogP contribution < -0.4 is 0 Å². The van der Waals surface area contributed by atoms with Crippen molar-refractivity contribution in [1.82, 2.24) is 4.57 Å². The number of nitrogens with zero attached hydrogens (tertiary/aromatic N) is 1. The number of hydrogen-bond acceptors (Lipinski definition) is 1. The third kappa shape index (κ3) is 1.02. The normalized spacial score (nSPS) is 14.9. The molecule has 1 aromatic heterocycles. The van der Waals surface area contributed by atoms with Gasteiger partial charge in [0.15, 0.2) is 0 Å². The van der Waals surface area contributed by atoms with Gasteiger partial charge >= 0.3 is 0 Å². The molecule has 3 rings (SSSR count). The zero-order valence-electron chi connectivity index (χ0n) is 7.63. The summed E-state index contributed by atoms with van der Waals surface area (Å²) in [5, 5.41) is 10.7. The molecule has 0 aliphatic carbocycles. The van der Waals surface area contributed by atoms with Crippen LogP contribution in [0, 0.1) is 0 Å². The Morgan fingerprint density at radius 1 is 1.36 bits per heavy atom. The molecule has 2 nitrogen and oxygen atoms in total. The van der Waals surface area contributed by atoms with Crippen LogP contribution in [-0.2, 0) is 13.0 Å². The molecule has 2 heterocycles. The van der Waals surface area contributed by atoms with Crippen LogP contribution in [0.4, 0.5) is 0 Å². The standard InChI is InChI=1S/C11H10BrNO/c12-8-4-7-2-1-3-13-6-10(14)9(5-8)11(7)13/h4-6,14H,1-3H2. The van der Waals surface area contributed by atoms with Crippen molar-refractivity contribution >= 4 is 26.8 Å². The summed E-state index contributed by atoms with van der Waals surface area (Å²) in [6.07, 6.45) is 4.10. The fourth-order valence-electron chi connectivity index (χ4n) is 2.28. The van der Waals surface area contributed by atoms with Crippen LogP contribution >= 0.6 is 15.9 Å². The fourth-order valence-corrected chi connectivity index (χ4v) is 2.78. The molecule has 0 saturated heterocycles. The van der Waals surface area contributed by atoms with Crippen molar-refractivity contribution in [3.63, 3.8) is 0 Å². The lowest BCUT2D eigenvalue weighted by atomic mass is 10.0. The highest BCUT2D eigenvalue weighted by Gasteiger charge is 2.16. The lowest BCUT2D eigenvalue weighted by Crippen LogP contribution is -2.06. The molecule has 0 saturated carbocycles. The Kier molecular flexibility index (Phi) is 1.65. The maximum atomic E-state index is 9.76. The number of aromatic hydroxyl groups is 1. The van der Waals surface area contributed by atoms with E-state index in [1.807, 2.05) is 12.3 Å². The van der Waals surface area contributed by atoms with Gasteiger partial charge in [0.05, 0.1) is 5.52 Å². The number of hydrogen-bond donors (Lipinski definition) is 1. The highest BCUT2D eigenvalue weighted by atomic mass is 79.9. The molecule has 3 heteroatoms. The zero-order valence-corrected chi connectivity index (χ0v) is 9.21. The van der Waals surface area contributed by atoms with Crippen molar-refractivity contribution in [2.24, 2.45) is 0 Å². The molecule has 0 fully saturated rings. The van der Waals surface area contributed by atoms with Crippen LogP contribution in [0.1, 0.15) is 12.0 Å². The SMILES string of the molecule is Oc1cn2c3c(cc(Br)cc13)CCC2. The summed E-state index contributed by atoms with van der Waals surface area (Å²) in [6.45, 7) is 1.02. The lowest BCUT2D eigenvalue weighted by Gasteiger charge is -2.15. The molecule has 0 amide bonds. The number of aryl methyl sites for hydroxylation is 2. The van der Waals surface area contributed by atoms with Gasteiger partial charge in [0.1, 0.15) is 5.75 Å². The minimum absolute atomic E-state index is 0.393. The third-order valence-corrected chi connectivity index (χ3v) is 3.30. The van der Waals surface area contributed by atoms with Gasteiger partial charge in [-0.3, -0.25) is 0 Å². The molecule has 2 aromatic rings. The van der Waals surface area contributed by atoms with Crippen molar-refractivity contribution in [3.8, 4) is 5.75 Å². The molecule has 1 aliphatic rings. The molecule has 0 unspecified atom stereocenters. The van der Waals surface area contributed by atoms with Crippen molar-refractivity contribution in [2.75, 3.05) is 0 Å². The Morgan fingerprint density at radius 3 is 3.07 bits per heavy atom. The monoisotopic (exact) mass is 251 g/mol. The number of halogens is 1. The van der Waals surface area contributed by atoms with E-state index in [4.69, 9.17) is 0 Å². The zero-order chi connectivity index (χ0) is 9.71. The van der Waals surface area contributed by atoms with Crippen LogP contribution in [-0.4, -0.2) is 9.67 Å². The van der Waals surface area contributed by atoms with Crippen LogP contribution in [0.3, 0.4) is 0 Å². The van der Waals surface area contributed by atoms with Crippen LogP contribution in [0.5, 0.6) is 5.75 Å². The first kappa shape index (κ1) is 8.36. The van der Waals surface area contributed by atoms with Gasteiger partial charge in [-0.1, -0.05) is 15.9 Å². The molecule has 0 spiro atoms. The van der Waals surface area contributed by atoms with E-state index in [1.54, 1.807) is 0 Å². The summed E-state index contributed by atoms with van der Waals surface area (Å²) in [6, 6.07) is 4.13. The van der Waals surface area contributed by atoms with E-state index in [9.17, 15) is 5.11 Å². The Bertz CT molecular complexity index is 515. The second-order valence-corrected chi connectivity index (χ2v) is 4.69. The smallest absolute Gasteiger partial charge is 0.141 e. The summed E-state index contributed by atoms with van der Waals surface area (Å²) in [4.78, 5) is 0. The van der Waals surface area contributed by atoms with Crippen molar-refractivity contribution < 1.29 is 5.11 Å². The van der Waals surface area contributed by atoms with E-state index >= 15 is 0 Å². The molecule has 1 N–H and O–H groups in total. The van der Waals surface area contributed by atoms with Gasteiger partial charge in [-0.25, -0.2) is 0 Å². The molecule has 1 aromatic carbocycles. The summed E-state index contributed by atoms with van der Waals surface area (Å²) >= 11 is 3.47. The van der Waals surface area contributed by atoms with Gasteiger partial charge in [-0.15, -0.1) is 0 Å².